The first-order chi connectivity index (χ1) is 9.50. The van der Waals surface area contributed by atoms with E-state index in [9.17, 15) is 4.79 Å². The Morgan fingerprint density at radius 2 is 1.80 bits per heavy atom. The van der Waals surface area contributed by atoms with E-state index in [1.54, 1.807) is 0 Å². The monoisotopic (exact) mass is 275 g/mol. The highest BCUT2D eigenvalue weighted by molar-refractivity contribution is 5.69. The lowest BCUT2D eigenvalue weighted by Crippen LogP contribution is -2.55. The van der Waals surface area contributed by atoms with Gasteiger partial charge in [-0.2, -0.15) is 0 Å². The van der Waals surface area contributed by atoms with Gasteiger partial charge in [-0.15, -0.1) is 0 Å². The first-order valence-electron chi connectivity index (χ1n) is 7.46. The number of nitrogens with zero attached hydrogens (tertiary/aromatic N) is 1. The summed E-state index contributed by atoms with van der Waals surface area (Å²) in [6, 6.07) is 10.2. The molecule has 1 saturated heterocycles. The third kappa shape index (κ3) is 2.59. The molecular formula is C17H25NO2. The smallest absolute Gasteiger partial charge is 0.306 e. The molecule has 1 unspecified atom stereocenters. The number of hydrogen-bond donors (Lipinski definition) is 0. The average Bonchev–Trinajstić information content (AvgIpc) is 2.43. The van der Waals surface area contributed by atoms with Crippen LogP contribution in [-0.4, -0.2) is 31.0 Å². The van der Waals surface area contributed by atoms with Crippen molar-refractivity contribution in [1.82, 2.24) is 4.90 Å². The molecule has 0 saturated carbocycles. The normalized spacial score (nSPS) is 31.0. The van der Waals surface area contributed by atoms with Crippen LogP contribution in [0.3, 0.4) is 0 Å². The van der Waals surface area contributed by atoms with Crippen LogP contribution < -0.4 is 0 Å². The van der Waals surface area contributed by atoms with Crippen molar-refractivity contribution in [3.63, 3.8) is 0 Å². The summed E-state index contributed by atoms with van der Waals surface area (Å²) in [5, 5.41) is 0. The van der Waals surface area contributed by atoms with Crippen molar-refractivity contribution >= 4 is 5.97 Å². The zero-order valence-electron chi connectivity index (χ0n) is 12.9. The molecule has 1 heterocycles. The van der Waals surface area contributed by atoms with Gasteiger partial charge in [0.05, 0.1) is 0 Å². The van der Waals surface area contributed by atoms with Crippen LogP contribution in [0.15, 0.2) is 30.3 Å². The van der Waals surface area contributed by atoms with Gasteiger partial charge in [-0.1, -0.05) is 51.1 Å². The van der Waals surface area contributed by atoms with E-state index in [-0.39, 0.29) is 17.8 Å². The standard InChI is InChI=1S/C17H25NO2/c1-5-16(19)20-17(15-9-7-6-8-10-15)13(2)11-18(4)12-14(17)3/h6-10,13-14H,5,11-12H2,1-4H3/t13-,14+,17?. The van der Waals surface area contributed by atoms with Crippen molar-refractivity contribution in [2.75, 3.05) is 20.1 Å². The van der Waals surface area contributed by atoms with Crippen LogP contribution in [0.2, 0.25) is 0 Å². The first-order valence-corrected chi connectivity index (χ1v) is 7.46. The Morgan fingerprint density at radius 1 is 1.25 bits per heavy atom. The molecule has 0 N–H and O–H groups in total. The van der Waals surface area contributed by atoms with E-state index >= 15 is 0 Å². The molecule has 0 bridgehead atoms. The van der Waals surface area contributed by atoms with Crippen molar-refractivity contribution in [3.05, 3.63) is 35.9 Å². The van der Waals surface area contributed by atoms with Gasteiger partial charge in [0.25, 0.3) is 0 Å². The number of carbonyl (C=O) groups is 1. The van der Waals surface area contributed by atoms with Gasteiger partial charge < -0.3 is 9.64 Å². The zero-order valence-corrected chi connectivity index (χ0v) is 12.9. The van der Waals surface area contributed by atoms with Crippen LogP contribution >= 0.6 is 0 Å². The highest BCUT2D eigenvalue weighted by atomic mass is 16.6. The van der Waals surface area contributed by atoms with Crippen LogP contribution in [0.25, 0.3) is 0 Å². The number of rotatable bonds is 3. The molecule has 1 aliphatic rings. The summed E-state index contributed by atoms with van der Waals surface area (Å²) in [7, 11) is 2.13. The van der Waals surface area contributed by atoms with E-state index in [1.807, 2.05) is 25.1 Å². The molecule has 3 atom stereocenters. The number of hydrogen-bond acceptors (Lipinski definition) is 3. The topological polar surface area (TPSA) is 29.5 Å². The Hall–Kier alpha value is -1.35. The predicted molar refractivity (Wildman–Crippen MR) is 80.3 cm³/mol. The highest BCUT2D eigenvalue weighted by Crippen LogP contribution is 2.44. The van der Waals surface area contributed by atoms with Crippen LogP contribution in [-0.2, 0) is 15.1 Å². The van der Waals surface area contributed by atoms with Gasteiger partial charge in [0.2, 0.25) is 0 Å². The maximum absolute atomic E-state index is 12.0. The molecule has 1 aliphatic heterocycles. The fourth-order valence-corrected chi connectivity index (χ4v) is 3.55. The molecular weight excluding hydrogens is 250 g/mol. The third-order valence-electron chi connectivity index (χ3n) is 4.43. The molecule has 0 aromatic heterocycles. The molecule has 0 amide bonds. The molecule has 20 heavy (non-hydrogen) atoms. The number of carbonyl (C=O) groups excluding carboxylic acids is 1. The highest BCUT2D eigenvalue weighted by Gasteiger charge is 2.49. The number of likely N-dealkylation sites (tertiary alicyclic amines) is 1. The van der Waals surface area contributed by atoms with E-state index < -0.39 is 5.60 Å². The summed E-state index contributed by atoms with van der Waals surface area (Å²) >= 11 is 0. The van der Waals surface area contributed by atoms with Crippen LogP contribution in [0.4, 0.5) is 0 Å². The minimum absolute atomic E-state index is 0.114. The molecule has 0 radical (unpaired) electrons. The van der Waals surface area contributed by atoms with Crippen molar-refractivity contribution in [2.24, 2.45) is 11.8 Å². The molecule has 0 spiro atoms. The fraction of sp³-hybridized carbons (Fsp3) is 0.588. The minimum atomic E-state index is -0.499. The Balaban J connectivity index is 2.45. The lowest BCUT2D eigenvalue weighted by molar-refractivity contribution is -0.185. The van der Waals surface area contributed by atoms with E-state index in [2.05, 4.69) is 37.9 Å². The Labute approximate surface area is 121 Å². The lowest BCUT2D eigenvalue weighted by atomic mass is 9.70. The van der Waals surface area contributed by atoms with Crippen molar-refractivity contribution in [3.8, 4) is 0 Å². The largest absolute Gasteiger partial charge is 0.453 e. The zero-order chi connectivity index (χ0) is 14.8. The first kappa shape index (κ1) is 15.0. The quantitative estimate of drug-likeness (QED) is 0.794. The van der Waals surface area contributed by atoms with Gasteiger partial charge in [0, 0.05) is 31.3 Å². The summed E-state index contributed by atoms with van der Waals surface area (Å²) in [6.45, 7) is 8.10. The van der Waals surface area contributed by atoms with E-state index in [1.165, 1.54) is 0 Å². The minimum Gasteiger partial charge on any atom is -0.453 e. The lowest BCUT2D eigenvalue weighted by Gasteiger charge is -2.49. The number of ether oxygens (including phenoxy) is 1. The molecule has 110 valence electrons. The maximum atomic E-state index is 12.0. The Kier molecular flexibility index (Phi) is 4.48. The van der Waals surface area contributed by atoms with Crippen LogP contribution in [0.5, 0.6) is 0 Å². The molecule has 1 fully saturated rings. The van der Waals surface area contributed by atoms with Gasteiger partial charge in [-0.25, -0.2) is 0 Å². The molecule has 2 rings (SSSR count). The van der Waals surface area contributed by atoms with Gasteiger partial charge >= 0.3 is 5.97 Å². The van der Waals surface area contributed by atoms with E-state index in [4.69, 9.17) is 4.74 Å². The Bertz CT molecular complexity index is 445. The third-order valence-corrected chi connectivity index (χ3v) is 4.43. The van der Waals surface area contributed by atoms with Gasteiger partial charge in [0.15, 0.2) is 0 Å². The van der Waals surface area contributed by atoms with E-state index in [0.29, 0.717) is 6.42 Å². The Morgan fingerprint density at radius 3 is 2.30 bits per heavy atom. The fourth-order valence-electron chi connectivity index (χ4n) is 3.55. The second-order valence-electron chi connectivity index (χ2n) is 6.01. The van der Waals surface area contributed by atoms with Crippen molar-refractivity contribution in [1.29, 1.82) is 0 Å². The number of benzene rings is 1. The summed E-state index contributed by atoms with van der Waals surface area (Å²) in [5.74, 6) is 0.431. The summed E-state index contributed by atoms with van der Waals surface area (Å²) < 4.78 is 6.02. The summed E-state index contributed by atoms with van der Waals surface area (Å²) in [6.07, 6.45) is 0.420. The van der Waals surface area contributed by atoms with Gasteiger partial charge in [-0.05, 0) is 12.6 Å². The van der Waals surface area contributed by atoms with Gasteiger partial charge in [0.1, 0.15) is 5.60 Å². The second kappa shape index (κ2) is 5.96. The number of esters is 1. The molecule has 3 heteroatoms. The van der Waals surface area contributed by atoms with Gasteiger partial charge in [-0.3, -0.25) is 4.79 Å². The predicted octanol–water partition coefficient (Wildman–Crippen LogP) is 3.05. The maximum Gasteiger partial charge on any atom is 0.306 e. The van der Waals surface area contributed by atoms with Crippen molar-refractivity contribution < 1.29 is 9.53 Å². The SMILES string of the molecule is CCC(=O)OC1(c2ccccc2)[C@H](C)CN(C)C[C@@H]1C. The summed E-state index contributed by atoms with van der Waals surface area (Å²) in [4.78, 5) is 14.3. The van der Waals surface area contributed by atoms with E-state index in [0.717, 1.165) is 18.7 Å². The molecule has 1 aromatic carbocycles. The number of piperidine rings is 1. The molecule has 1 aromatic rings. The average molecular weight is 275 g/mol. The van der Waals surface area contributed by atoms with Crippen molar-refractivity contribution in [2.45, 2.75) is 32.8 Å². The molecule has 0 aliphatic carbocycles. The summed E-state index contributed by atoms with van der Waals surface area (Å²) in [5.41, 5.74) is 0.621. The van der Waals surface area contributed by atoms with Crippen LogP contribution in [0.1, 0.15) is 32.8 Å². The molecule has 3 nitrogen and oxygen atoms in total. The van der Waals surface area contributed by atoms with Crippen LogP contribution in [0, 0.1) is 11.8 Å². The second-order valence-corrected chi connectivity index (χ2v) is 6.01.